The Hall–Kier alpha value is -2.69. The van der Waals surface area contributed by atoms with Gasteiger partial charge in [0.1, 0.15) is 5.75 Å². The van der Waals surface area contributed by atoms with Gasteiger partial charge in [-0.1, -0.05) is 38.1 Å². The maximum atomic E-state index is 12.7. The van der Waals surface area contributed by atoms with E-state index in [1.807, 2.05) is 62.4 Å². The summed E-state index contributed by atoms with van der Waals surface area (Å²) in [6.45, 7) is 3.96. The first-order chi connectivity index (χ1) is 12.6. The number of hydrogen-bond acceptors (Lipinski definition) is 4. The van der Waals surface area contributed by atoms with Crippen molar-refractivity contribution >= 4 is 5.91 Å². The lowest BCUT2D eigenvalue weighted by Crippen LogP contribution is -2.39. The summed E-state index contributed by atoms with van der Waals surface area (Å²) >= 11 is 0. The number of hydrogen-bond donors (Lipinski definition) is 1. The lowest BCUT2D eigenvalue weighted by atomic mass is 10.0. The molecular formula is C21H27NO4. The van der Waals surface area contributed by atoms with E-state index >= 15 is 0 Å². The van der Waals surface area contributed by atoms with Gasteiger partial charge in [0.25, 0.3) is 5.91 Å². The Bertz CT molecular complexity index is 702. The summed E-state index contributed by atoms with van der Waals surface area (Å²) in [5.74, 6) is 1.87. The van der Waals surface area contributed by atoms with Crippen molar-refractivity contribution in [2.75, 3.05) is 14.2 Å². The maximum Gasteiger partial charge on any atom is 0.261 e. The Kier molecular flexibility index (Phi) is 7.33. The topological polar surface area (TPSA) is 56.8 Å². The summed E-state index contributed by atoms with van der Waals surface area (Å²) in [5, 5.41) is 3.08. The number of benzene rings is 2. The normalized spacial score (nSPS) is 12.8. The molecule has 140 valence electrons. The van der Waals surface area contributed by atoms with Crippen LogP contribution in [-0.2, 0) is 4.79 Å². The van der Waals surface area contributed by atoms with E-state index < -0.39 is 6.10 Å². The Morgan fingerprint density at radius 2 is 1.65 bits per heavy atom. The molecule has 0 saturated heterocycles. The van der Waals surface area contributed by atoms with E-state index in [-0.39, 0.29) is 11.9 Å². The molecule has 0 aliphatic rings. The summed E-state index contributed by atoms with van der Waals surface area (Å²) in [5.41, 5.74) is 0.966. The zero-order valence-electron chi connectivity index (χ0n) is 15.8. The number of rotatable bonds is 9. The fourth-order valence-electron chi connectivity index (χ4n) is 2.74. The number of methoxy groups -OCH3 is 2. The van der Waals surface area contributed by atoms with Crippen molar-refractivity contribution in [2.45, 2.75) is 38.8 Å². The molecule has 0 heterocycles. The van der Waals surface area contributed by atoms with Gasteiger partial charge in [0.15, 0.2) is 17.6 Å². The molecule has 0 aromatic heterocycles. The van der Waals surface area contributed by atoms with E-state index in [0.717, 1.165) is 12.0 Å². The number of para-hydroxylation sites is 1. The molecule has 1 amide bonds. The molecule has 0 bridgehead atoms. The molecule has 0 radical (unpaired) electrons. The van der Waals surface area contributed by atoms with Gasteiger partial charge < -0.3 is 19.5 Å². The molecule has 0 spiro atoms. The second-order valence-electron chi connectivity index (χ2n) is 5.91. The van der Waals surface area contributed by atoms with Gasteiger partial charge >= 0.3 is 0 Å². The Labute approximate surface area is 155 Å². The lowest BCUT2D eigenvalue weighted by molar-refractivity contribution is -0.128. The van der Waals surface area contributed by atoms with Crippen molar-refractivity contribution < 1.29 is 19.0 Å². The second-order valence-corrected chi connectivity index (χ2v) is 5.91. The molecule has 0 fully saturated rings. The van der Waals surface area contributed by atoms with Crippen LogP contribution in [0.1, 0.15) is 38.3 Å². The van der Waals surface area contributed by atoms with Crippen LogP contribution in [0.5, 0.6) is 17.2 Å². The molecule has 0 aliphatic carbocycles. The highest BCUT2D eigenvalue weighted by atomic mass is 16.5. The van der Waals surface area contributed by atoms with Gasteiger partial charge in [0, 0.05) is 0 Å². The average molecular weight is 357 g/mol. The fourth-order valence-corrected chi connectivity index (χ4v) is 2.74. The molecule has 5 heteroatoms. The standard InChI is InChI=1S/C21H27NO4/c1-5-17(15-12-13-19(24-3)20(14-15)25-4)22-21(23)18(6-2)26-16-10-8-7-9-11-16/h7-14,17-18H,5-6H2,1-4H3,(H,22,23)/t17-,18-/m0/s1. The van der Waals surface area contributed by atoms with Gasteiger partial charge in [-0.15, -0.1) is 0 Å². The first-order valence-corrected chi connectivity index (χ1v) is 8.86. The average Bonchev–Trinajstić information content (AvgIpc) is 2.70. The first kappa shape index (κ1) is 19.6. The van der Waals surface area contributed by atoms with Gasteiger partial charge in [-0.05, 0) is 42.7 Å². The third kappa shape index (κ3) is 4.91. The van der Waals surface area contributed by atoms with Crippen LogP contribution in [0.4, 0.5) is 0 Å². The highest BCUT2D eigenvalue weighted by Gasteiger charge is 2.22. The van der Waals surface area contributed by atoms with Crippen LogP contribution in [0, 0.1) is 0 Å². The molecule has 0 aliphatic heterocycles. The van der Waals surface area contributed by atoms with E-state index in [0.29, 0.717) is 23.7 Å². The minimum Gasteiger partial charge on any atom is -0.493 e. The van der Waals surface area contributed by atoms with Crippen molar-refractivity contribution in [1.29, 1.82) is 0 Å². The molecule has 5 nitrogen and oxygen atoms in total. The predicted molar refractivity (Wildman–Crippen MR) is 102 cm³/mol. The number of carbonyl (C=O) groups excluding carboxylic acids is 1. The lowest BCUT2D eigenvalue weighted by Gasteiger charge is -2.23. The van der Waals surface area contributed by atoms with Gasteiger partial charge in [-0.2, -0.15) is 0 Å². The van der Waals surface area contributed by atoms with Crippen molar-refractivity contribution in [3.8, 4) is 17.2 Å². The summed E-state index contributed by atoms with van der Waals surface area (Å²) in [6.07, 6.45) is 0.804. The van der Waals surface area contributed by atoms with Crippen LogP contribution < -0.4 is 19.5 Å². The Morgan fingerprint density at radius 1 is 0.962 bits per heavy atom. The summed E-state index contributed by atoms with van der Waals surface area (Å²) in [4.78, 5) is 12.7. The first-order valence-electron chi connectivity index (χ1n) is 8.86. The van der Waals surface area contributed by atoms with Crippen LogP contribution in [0.2, 0.25) is 0 Å². The van der Waals surface area contributed by atoms with E-state index in [4.69, 9.17) is 14.2 Å². The SMILES string of the molecule is CC[C@H](Oc1ccccc1)C(=O)N[C@@H](CC)c1ccc(OC)c(OC)c1. The minimum absolute atomic E-state index is 0.127. The van der Waals surface area contributed by atoms with Crippen molar-refractivity contribution in [3.05, 3.63) is 54.1 Å². The van der Waals surface area contributed by atoms with Crippen LogP contribution >= 0.6 is 0 Å². The van der Waals surface area contributed by atoms with Gasteiger partial charge in [-0.25, -0.2) is 0 Å². The summed E-state index contributed by atoms with van der Waals surface area (Å²) in [6, 6.07) is 14.9. The van der Waals surface area contributed by atoms with E-state index in [1.54, 1.807) is 14.2 Å². The number of amides is 1. The molecule has 0 unspecified atom stereocenters. The maximum absolute atomic E-state index is 12.7. The largest absolute Gasteiger partial charge is 0.493 e. The quantitative estimate of drug-likeness (QED) is 0.733. The van der Waals surface area contributed by atoms with E-state index in [2.05, 4.69) is 5.32 Å². The third-order valence-corrected chi connectivity index (χ3v) is 4.22. The zero-order valence-corrected chi connectivity index (χ0v) is 15.8. The van der Waals surface area contributed by atoms with Gasteiger partial charge in [-0.3, -0.25) is 4.79 Å². The molecule has 2 atom stereocenters. The zero-order chi connectivity index (χ0) is 18.9. The van der Waals surface area contributed by atoms with Crippen molar-refractivity contribution in [1.82, 2.24) is 5.32 Å². The van der Waals surface area contributed by atoms with Gasteiger partial charge in [0.2, 0.25) is 0 Å². The molecule has 0 saturated carbocycles. The smallest absolute Gasteiger partial charge is 0.261 e. The van der Waals surface area contributed by atoms with E-state index in [1.165, 1.54) is 0 Å². The highest BCUT2D eigenvalue weighted by Crippen LogP contribution is 2.31. The molecule has 1 N–H and O–H groups in total. The van der Waals surface area contributed by atoms with Crippen LogP contribution in [0.3, 0.4) is 0 Å². The third-order valence-electron chi connectivity index (χ3n) is 4.22. The Morgan fingerprint density at radius 3 is 2.23 bits per heavy atom. The molecule has 2 rings (SSSR count). The summed E-state index contributed by atoms with van der Waals surface area (Å²) in [7, 11) is 3.20. The van der Waals surface area contributed by atoms with E-state index in [9.17, 15) is 4.79 Å². The predicted octanol–water partition coefficient (Wildman–Crippen LogP) is 4.13. The number of ether oxygens (including phenoxy) is 3. The summed E-state index contributed by atoms with van der Waals surface area (Å²) < 4.78 is 16.5. The van der Waals surface area contributed by atoms with Crippen LogP contribution in [-0.4, -0.2) is 26.2 Å². The molecule has 2 aromatic carbocycles. The molecular weight excluding hydrogens is 330 g/mol. The van der Waals surface area contributed by atoms with Crippen molar-refractivity contribution in [3.63, 3.8) is 0 Å². The highest BCUT2D eigenvalue weighted by molar-refractivity contribution is 5.81. The van der Waals surface area contributed by atoms with Crippen LogP contribution in [0.25, 0.3) is 0 Å². The molecule has 2 aromatic rings. The Balaban J connectivity index is 2.11. The van der Waals surface area contributed by atoms with Crippen LogP contribution in [0.15, 0.2) is 48.5 Å². The van der Waals surface area contributed by atoms with Gasteiger partial charge in [0.05, 0.1) is 20.3 Å². The number of carbonyl (C=O) groups is 1. The fraction of sp³-hybridized carbons (Fsp3) is 0.381. The monoisotopic (exact) mass is 357 g/mol. The number of nitrogens with one attached hydrogen (secondary N) is 1. The van der Waals surface area contributed by atoms with Crippen molar-refractivity contribution in [2.24, 2.45) is 0 Å². The second kappa shape index (κ2) is 9.70. The minimum atomic E-state index is -0.536. The molecule has 26 heavy (non-hydrogen) atoms.